The average Bonchev–Trinajstić information content (AvgIpc) is 3.14. The molecule has 0 aromatic carbocycles. The van der Waals surface area contributed by atoms with Gasteiger partial charge in [-0.05, 0) is 68.3 Å². The number of aliphatic hydroxyl groups is 1. The van der Waals surface area contributed by atoms with Crippen molar-refractivity contribution in [2.24, 2.45) is 45.3 Å². The Labute approximate surface area is 239 Å². The van der Waals surface area contributed by atoms with Gasteiger partial charge >= 0.3 is 5.97 Å². The van der Waals surface area contributed by atoms with E-state index in [2.05, 4.69) is 46.8 Å². The normalized spacial score (nSPS) is 51.9. The Kier molecular flexibility index (Phi) is 6.25. The first kappa shape index (κ1) is 28.6. The molecule has 40 heavy (non-hydrogen) atoms. The molecule has 7 nitrogen and oxygen atoms in total. The van der Waals surface area contributed by atoms with Crippen LogP contribution in [0.25, 0.3) is 0 Å². The third kappa shape index (κ3) is 3.69. The molecule has 0 spiro atoms. The molecule has 222 valence electrons. The first-order chi connectivity index (χ1) is 18.5. The highest BCUT2D eigenvalue weighted by molar-refractivity contribution is 5.95. The van der Waals surface area contributed by atoms with Crippen LogP contribution in [0.2, 0.25) is 0 Å². The van der Waals surface area contributed by atoms with Gasteiger partial charge in [0.15, 0.2) is 12.1 Å². The predicted octanol–water partition coefficient (Wildman–Crippen LogP) is 5.00. The summed E-state index contributed by atoms with van der Waals surface area (Å²) in [5.74, 6) is -0.0996. The van der Waals surface area contributed by atoms with E-state index in [1.807, 2.05) is 13.8 Å². The minimum atomic E-state index is -0.628. The second-order valence-corrected chi connectivity index (χ2v) is 15.4. The number of epoxide rings is 1. The number of hydrogen-bond donors (Lipinski definition) is 1. The van der Waals surface area contributed by atoms with Crippen LogP contribution in [0.1, 0.15) is 81.1 Å². The molecule has 4 fully saturated rings. The second kappa shape index (κ2) is 8.75. The van der Waals surface area contributed by atoms with E-state index in [0.717, 1.165) is 12.8 Å². The summed E-state index contributed by atoms with van der Waals surface area (Å²) in [4.78, 5) is 25.6. The maximum Gasteiger partial charge on any atom is 0.302 e. The first-order valence-electron chi connectivity index (χ1n) is 15.2. The fraction of sp³-hybridized carbons (Fsp3) is 0.818. The molecule has 4 aliphatic carbocycles. The molecule has 2 saturated heterocycles. The Balaban J connectivity index is 1.40. The van der Waals surface area contributed by atoms with Gasteiger partial charge in [0, 0.05) is 36.7 Å². The average molecular weight is 557 g/mol. The van der Waals surface area contributed by atoms with Crippen LogP contribution in [0.15, 0.2) is 23.8 Å². The second-order valence-electron chi connectivity index (χ2n) is 15.4. The lowest BCUT2D eigenvalue weighted by molar-refractivity contribution is -0.212. The van der Waals surface area contributed by atoms with Crippen molar-refractivity contribution in [3.63, 3.8) is 0 Å². The van der Waals surface area contributed by atoms with Crippen LogP contribution < -0.4 is 0 Å². The quantitative estimate of drug-likeness (QED) is 0.296. The molecular formula is C33H48O7. The number of aliphatic hydroxyl groups excluding tert-OH is 1. The van der Waals surface area contributed by atoms with E-state index in [-0.39, 0.29) is 64.9 Å². The molecule has 0 amide bonds. The number of allylic oxidation sites excluding steroid dienone is 3. The van der Waals surface area contributed by atoms with Crippen molar-refractivity contribution in [1.82, 2.24) is 0 Å². The summed E-state index contributed by atoms with van der Waals surface area (Å²) in [6.45, 7) is 16.4. The van der Waals surface area contributed by atoms with Gasteiger partial charge in [-0.25, -0.2) is 0 Å². The highest BCUT2D eigenvalue weighted by Crippen LogP contribution is 2.73. The Morgan fingerprint density at radius 2 is 1.77 bits per heavy atom. The van der Waals surface area contributed by atoms with Gasteiger partial charge in [-0.1, -0.05) is 52.3 Å². The molecular weight excluding hydrogens is 508 g/mol. The predicted molar refractivity (Wildman–Crippen MR) is 149 cm³/mol. The van der Waals surface area contributed by atoms with E-state index in [9.17, 15) is 14.7 Å². The number of hydrogen-bond acceptors (Lipinski definition) is 7. The van der Waals surface area contributed by atoms with Crippen molar-refractivity contribution in [2.45, 2.75) is 117 Å². The Morgan fingerprint density at radius 1 is 1.10 bits per heavy atom. The lowest BCUT2D eigenvalue weighted by Gasteiger charge is -2.67. The van der Waals surface area contributed by atoms with Crippen molar-refractivity contribution < 1.29 is 33.6 Å². The Morgan fingerprint density at radius 3 is 2.38 bits per heavy atom. The van der Waals surface area contributed by atoms with Gasteiger partial charge in [0.1, 0.15) is 12.2 Å². The summed E-state index contributed by atoms with van der Waals surface area (Å²) < 4.78 is 24.5. The molecule has 2 heterocycles. The van der Waals surface area contributed by atoms with Gasteiger partial charge in [0.05, 0.1) is 17.8 Å². The van der Waals surface area contributed by atoms with Crippen LogP contribution in [0.3, 0.4) is 0 Å². The lowest BCUT2D eigenvalue weighted by atomic mass is 9.37. The molecule has 2 aliphatic heterocycles. The monoisotopic (exact) mass is 556 g/mol. The maximum absolute atomic E-state index is 13.1. The zero-order chi connectivity index (χ0) is 29.2. The number of carbonyl (C=O) groups excluding carboxylic acids is 2. The lowest BCUT2D eigenvalue weighted by Crippen LogP contribution is -2.68. The third-order valence-electron chi connectivity index (χ3n) is 12.5. The van der Waals surface area contributed by atoms with Crippen molar-refractivity contribution >= 4 is 11.8 Å². The number of ketones is 1. The minimum absolute atomic E-state index is 0.00950. The molecule has 1 N–H and O–H groups in total. The number of methoxy groups -OCH3 is 1. The number of esters is 1. The van der Waals surface area contributed by atoms with Gasteiger partial charge in [-0.15, -0.1) is 0 Å². The van der Waals surface area contributed by atoms with Crippen LogP contribution in [0.5, 0.6) is 0 Å². The first-order valence-corrected chi connectivity index (χ1v) is 15.2. The zero-order valence-corrected chi connectivity index (χ0v) is 25.7. The zero-order valence-electron chi connectivity index (χ0n) is 25.7. The van der Waals surface area contributed by atoms with E-state index in [4.69, 9.17) is 18.9 Å². The molecule has 0 bridgehead atoms. The van der Waals surface area contributed by atoms with Gasteiger partial charge in [-0.2, -0.15) is 0 Å². The van der Waals surface area contributed by atoms with E-state index in [1.165, 1.54) is 12.5 Å². The van der Waals surface area contributed by atoms with Crippen LogP contribution in [0, 0.1) is 45.3 Å². The fourth-order valence-corrected chi connectivity index (χ4v) is 10.8. The summed E-state index contributed by atoms with van der Waals surface area (Å²) in [5.41, 5.74) is -0.811. The number of ether oxygens (including phenoxy) is 4. The highest BCUT2D eigenvalue weighted by Gasteiger charge is 2.71. The van der Waals surface area contributed by atoms with Crippen molar-refractivity contribution in [3.05, 3.63) is 23.8 Å². The third-order valence-corrected chi connectivity index (χ3v) is 12.5. The van der Waals surface area contributed by atoms with Gasteiger partial charge < -0.3 is 24.1 Å². The smallest absolute Gasteiger partial charge is 0.302 e. The summed E-state index contributed by atoms with van der Waals surface area (Å²) in [5, 5.41) is 12.2. The Bertz CT molecular complexity index is 1170. The van der Waals surface area contributed by atoms with E-state index in [1.54, 1.807) is 13.2 Å². The van der Waals surface area contributed by atoms with E-state index >= 15 is 0 Å². The summed E-state index contributed by atoms with van der Waals surface area (Å²) >= 11 is 0. The minimum Gasteiger partial charge on any atom is -0.462 e. The van der Waals surface area contributed by atoms with Crippen molar-refractivity contribution in [1.29, 1.82) is 0 Å². The molecule has 12 atom stereocenters. The topological polar surface area (TPSA) is 94.6 Å². The largest absolute Gasteiger partial charge is 0.462 e. The van der Waals surface area contributed by atoms with E-state index in [0.29, 0.717) is 12.8 Å². The molecule has 6 rings (SSSR count). The van der Waals surface area contributed by atoms with Crippen LogP contribution >= 0.6 is 0 Å². The molecule has 2 saturated carbocycles. The number of carbonyl (C=O) groups is 2. The standard InChI is InChI=1S/C33H48O7/c1-17(34)38-25-15-23-29(2,3)24(36)12-13-31(23,6)26-20(35)16-32(7)19(10-11-22(32)33(25,26)8)18-14-21(39-28(18)37-9)27-30(4,5)40-27/h11-13,18-21,23,25-28,35H,10,14-16H2,1-9H3/t18-,19-,20+,21+,23-,25+,26+,27-,28+,31-,32-,33+/m0/s1. The van der Waals surface area contributed by atoms with E-state index < -0.39 is 28.5 Å². The molecule has 0 aromatic rings. The molecule has 0 unspecified atom stereocenters. The summed E-state index contributed by atoms with van der Waals surface area (Å²) in [6.07, 6.45) is 7.77. The molecule has 0 radical (unpaired) electrons. The van der Waals surface area contributed by atoms with Crippen LogP contribution in [-0.4, -0.2) is 60.3 Å². The van der Waals surface area contributed by atoms with Gasteiger partial charge in [0.25, 0.3) is 0 Å². The van der Waals surface area contributed by atoms with Gasteiger partial charge in [-0.3, -0.25) is 9.59 Å². The van der Waals surface area contributed by atoms with Crippen molar-refractivity contribution in [2.75, 3.05) is 7.11 Å². The molecule has 7 heteroatoms. The number of fused-ring (bicyclic) bond motifs is 5. The fourth-order valence-electron chi connectivity index (χ4n) is 10.8. The highest BCUT2D eigenvalue weighted by atomic mass is 16.7. The van der Waals surface area contributed by atoms with Crippen LogP contribution in [-0.2, 0) is 28.5 Å². The summed E-state index contributed by atoms with van der Waals surface area (Å²) in [7, 11) is 1.72. The van der Waals surface area contributed by atoms with Crippen molar-refractivity contribution in [3.8, 4) is 0 Å². The Hall–Kier alpha value is -1.54. The van der Waals surface area contributed by atoms with Crippen LogP contribution in [0.4, 0.5) is 0 Å². The van der Waals surface area contributed by atoms with Gasteiger partial charge in [0.2, 0.25) is 0 Å². The number of rotatable bonds is 4. The molecule has 6 aliphatic rings. The SMILES string of the molecule is CO[C@@H]1O[C@@H]([C@@H]2OC2(C)C)C[C@H]1[C@@H]1CC=C2[C@@]3(C)[C@H]([C@H](O)C[C@]21C)[C@@]1(C)C=CC(=O)C(C)(C)[C@@H]1C[C@H]3OC(C)=O. The summed E-state index contributed by atoms with van der Waals surface area (Å²) in [6, 6.07) is 0. The molecule has 0 aromatic heterocycles. The maximum atomic E-state index is 13.1.